The molecule has 2 atom stereocenters. The quantitative estimate of drug-likeness (QED) is 0.640. The third-order valence-electron chi connectivity index (χ3n) is 4.55. The summed E-state index contributed by atoms with van der Waals surface area (Å²) in [6.45, 7) is 4.54. The summed E-state index contributed by atoms with van der Waals surface area (Å²) in [6, 6.07) is 7.02. The molecule has 112 valence electrons. The van der Waals surface area contributed by atoms with Crippen LogP contribution >= 0.6 is 27.5 Å². The maximum Gasteiger partial charge on any atom is 0.0464 e. The highest BCUT2D eigenvalue weighted by Gasteiger charge is 2.21. The minimum atomic E-state index is 0.300. The molecule has 0 spiro atoms. The molecule has 1 aromatic carbocycles. The van der Waals surface area contributed by atoms with Crippen molar-refractivity contribution in [3.63, 3.8) is 0 Å². The molecule has 0 radical (unpaired) electrons. The Kier molecular flexibility index (Phi) is 6.38. The molecule has 2 rings (SSSR count). The van der Waals surface area contributed by atoms with E-state index in [-0.39, 0.29) is 0 Å². The molecule has 1 aliphatic rings. The van der Waals surface area contributed by atoms with E-state index < -0.39 is 0 Å². The minimum Gasteiger partial charge on any atom is -0.307 e. The molecule has 3 heteroatoms. The topological polar surface area (TPSA) is 12.0 Å². The number of hydrogen-bond donors (Lipinski definition) is 1. The molecule has 1 fully saturated rings. The average Bonchev–Trinajstić information content (AvgIpc) is 2.67. The van der Waals surface area contributed by atoms with Gasteiger partial charge in [-0.3, -0.25) is 0 Å². The monoisotopic (exact) mass is 357 g/mol. The van der Waals surface area contributed by atoms with Gasteiger partial charge in [-0.1, -0.05) is 59.3 Å². The summed E-state index contributed by atoms with van der Waals surface area (Å²) in [6.07, 6.45) is 8.35. The van der Waals surface area contributed by atoms with Gasteiger partial charge in [0.2, 0.25) is 0 Å². The molecule has 0 amide bonds. The van der Waals surface area contributed by atoms with Gasteiger partial charge in [0.1, 0.15) is 0 Å². The van der Waals surface area contributed by atoms with Crippen molar-refractivity contribution in [1.82, 2.24) is 5.32 Å². The standard InChI is InChI=1S/C17H25BrClN/c1-12(14-7-5-3-4-6-8-14)20-13(2)16-10-9-15(18)11-17(16)19/h9-14,20H,3-8H2,1-2H3/t12-,13?/m1/s1. The van der Waals surface area contributed by atoms with Crippen LogP contribution in [0.4, 0.5) is 0 Å². The zero-order valence-electron chi connectivity index (χ0n) is 12.5. The molecule has 1 saturated carbocycles. The second kappa shape index (κ2) is 7.82. The number of hydrogen-bond acceptors (Lipinski definition) is 1. The van der Waals surface area contributed by atoms with E-state index >= 15 is 0 Å². The number of rotatable bonds is 4. The van der Waals surface area contributed by atoms with Gasteiger partial charge >= 0.3 is 0 Å². The van der Waals surface area contributed by atoms with Crippen LogP contribution < -0.4 is 5.32 Å². The maximum atomic E-state index is 6.35. The van der Waals surface area contributed by atoms with Gasteiger partial charge in [-0.15, -0.1) is 0 Å². The SMILES string of the molecule is CC(N[C@H](C)C1CCCCCC1)c1ccc(Br)cc1Cl. The highest BCUT2D eigenvalue weighted by molar-refractivity contribution is 9.10. The first-order chi connectivity index (χ1) is 9.58. The van der Waals surface area contributed by atoms with Crippen LogP contribution in [0.15, 0.2) is 22.7 Å². The molecule has 1 aromatic rings. The molecule has 0 aromatic heterocycles. The summed E-state index contributed by atoms with van der Waals surface area (Å²) in [5.74, 6) is 0.814. The molecule has 0 bridgehead atoms. The Morgan fingerprint density at radius 2 is 1.80 bits per heavy atom. The van der Waals surface area contributed by atoms with Crippen LogP contribution in [0, 0.1) is 5.92 Å². The molecular formula is C17H25BrClN. The van der Waals surface area contributed by atoms with Crippen molar-refractivity contribution < 1.29 is 0 Å². The summed E-state index contributed by atoms with van der Waals surface area (Å²) in [5, 5.41) is 4.59. The van der Waals surface area contributed by atoms with E-state index in [1.807, 2.05) is 6.07 Å². The molecule has 20 heavy (non-hydrogen) atoms. The third kappa shape index (κ3) is 4.47. The van der Waals surface area contributed by atoms with E-state index in [2.05, 4.69) is 47.2 Å². The Morgan fingerprint density at radius 3 is 2.40 bits per heavy atom. The Balaban J connectivity index is 1.97. The van der Waals surface area contributed by atoms with E-state index in [9.17, 15) is 0 Å². The normalized spacial score (nSPS) is 20.4. The molecule has 1 nitrogen and oxygen atoms in total. The van der Waals surface area contributed by atoms with Gasteiger partial charge < -0.3 is 5.32 Å². The predicted octanol–water partition coefficient (Wildman–Crippen LogP) is 6.11. The van der Waals surface area contributed by atoms with Crippen LogP contribution in [0.2, 0.25) is 5.02 Å². The van der Waals surface area contributed by atoms with E-state index in [1.54, 1.807) is 0 Å². The van der Waals surface area contributed by atoms with Crippen molar-refractivity contribution in [1.29, 1.82) is 0 Å². The highest BCUT2D eigenvalue weighted by Crippen LogP contribution is 2.29. The largest absolute Gasteiger partial charge is 0.307 e. The summed E-state index contributed by atoms with van der Waals surface area (Å²) in [7, 11) is 0. The zero-order chi connectivity index (χ0) is 14.5. The summed E-state index contributed by atoms with van der Waals surface area (Å²) in [5.41, 5.74) is 1.19. The fourth-order valence-electron chi connectivity index (χ4n) is 3.28. The molecule has 0 heterocycles. The Hall–Kier alpha value is -0.0500. The van der Waals surface area contributed by atoms with Crippen LogP contribution in [0.25, 0.3) is 0 Å². The molecule has 0 saturated heterocycles. The Morgan fingerprint density at radius 1 is 1.15 bits per heavy atom. The van der Waals surface area contributed by atoms with Crippen LogP contribution in [-0.4, -0.2) is 6.04 Å². The third-order valence-corrected chi connectivity index (χ3v) is 5.37. The van der Waals surface area contributed by atoms with Gasteiger partial charge in [0.05, 0.1) is 0 Å². The van der Waals surface area contributed by atoms with E-state index in [4.69, 9.17) is 11.6 Å². The lowest BCUT2D eigenvalue weighted by Crippen LogP contribution is -2.35. The molecule has 0 aliphatic heterocycles. The fraction of sp³-hybridized carbons (Fsp3) is 0.647. The first-order valence-corrected chi connectivity index (χ1v) is 8.96. The van der Waals surface area contributed by atoms with Gasteiger partial charge in [-0.25, -0.2) is 0 Å². The lowest BCUT2D eigenvalue weighted by atomic mass is 9.92. The van der Waals surface area contributed by atoms with E-state index in [0.29, 0.717) is 12.1 Å². The lowest BCUT2D eigenvalue weighted by Gasteiger charge is -2.27. The fourth-order valence-corrected chi connectivity index (χ4v) is 4.12. The second-order valence-electron chi connectivity index (χ2n) is 6.09. The first-order valence-electron chi connectivity index (χ1n) is 7.79. The van der Waals surface area contributed by atoms with Crippen molar-refractivity contribution >= 4 is 27.5 Å². The molecular weight excluding hydrogens is 334 g/mol. The molecule has 1 unspecified atom stereocenters. The van der Waals surface area contributed by atoms with Gasteiger partial charge in [-0.05, 0) is 50.3 Å². The van der Waals surface area contributed by atoms with E-state index in [0.717, 1.165) is 15.4 Å². The molecule has 1 aliphatic carbocycles. The van der Waals surface area contributed by atoms with Crippen LogP contribution in [-0.2, 0) is 0 Å². The number of halogens is 2. The summed E-state index contributed by atoms with van der Waals surface area (Å²) >= 11 is 9.81. The Labute approximate surface area is 136 Å². The van der Waals surface area contributed by atoms with Crippen LogP contribution in [0.5, 0.6) is 0 Å². The smallest absolute Gasteiger partial charge is 0.0464 e. The van der Waals surface area contributed by atoms with Crippen LogP contribution in [0.3, 0.4) is 0 Å². The van der Waals surface area contributed by atoms with Gasteiger partial charge in [0, 0.05) is 21.6 Å². The van der Waals surface area contributed by atoms with Crippen molar-refractivity contribution in [2.45, 2.75) is 64.5 Å². The highest BCUT2D eigenvalue weighted by atomic mass is 79.9. The van der Waals surface area contributed by atoms with Crippen molar-refractivity contribution in [3.8, 4) is 0 Å². The Bertz CT molecular complexity index is 427. The molecule has 1 N–H and O–H groups in total. The van der Waals surface area contributed by atoms with Crippen molar-refractivity contribution in [2.75, 3.05) is 0 Å². The summed E-state index contributed by atoms with van der Waals surface area (Å²) in [4.78, 5) is 0. The number of nitrogens with one attached hydrogen (secondary N) is 1. The number of benzene rings is 1. The summed E-state index contributed by atoms with van der Waals surface area (Å²) < 4.78 is 1.04. The minimum absolute atomic E-state index is 0.300. The van der Waals surface area contributed by atoms with Gasteiger partial charge in [-0.2, -0.15) is 0 Å². The van der Waals surface area contributed by atoms with Gasteiger partial charge in [0.25, 0.3) is 0 Å². The van der Waals surface area contributed by atoms with Crippen molar-refractivity contribution in [3.05, 3.63) is 33.3 Å². The lowest BCUT2D eigenvalue weighted by molar-refractivity contribution is 0.316. The first kappa shape index (κ1) is 16.3. The van der Waals surface area contributed by atoms with Gasteiger partial charge in [0.15, 0.2) is 0 Å². The second-order valence-corrected chi connectivity index (χ2v) is 7.42. The average molecular weight is 359 g/mol. The maximum absolute atomic E-state index is 6.35. The van der Waals surface area contributed by atoms with Crippen LogP contribution in [0.1, 0.15) is 64.0 Å². The predicted molar refractivity (Wildman–Crippen MR) is 91.4 cm³/mol. The van der Waals surface area contributed by atoms with Crippen molar-refractivity contribution in [2.24, 2.45) is 5.92 Å². The zero-order valence-corrected chi connectivity index (χ0v) is 14.8. The van der Waals surface area contributed by atoms with E-state index in [1.165, 1.54) is 44.1 Å².